The molecule has 0 bridgehead atoms. The predicted octanol–water partition coefficient (Wildman–Crippen LogP) is 2.63. The van der Waals surface area contributed by atoms with Crippen LogP contribution in [0.1, 0.15) is 11.5 Å². The summed E-state index contributed by atoms with van der Waals surface area (Å²) in [7, 11) is 1.95. The zero-order valence-electron chi connectivity index (χ0n) is 11.1. The van der Waals surface area contributed by atoms with Crippen LogP contribution in [-0.4, -0.2) is 30.3 Å². The molecular formula is C14H17FN2O2. The molecule has 0 atom stereocenters. The van der Waals surface area contributed by atoms with E-state index in [0.29, 0.717) is 19.7 Å². The van der Waals surface area contributed by atoms with Crippen molar-refractivity contribution >= 4 is 0 Å². The van der Waals surface area contributed by atoms with Crippen LogP contribution < -0.4 is 4.74 Å². The third kappa shape index (κ3) is 4.06. The van der Waals surface area contributed by atoms with Gasteiger partial charge in [-0.3, -0.25) is 4.90 Å². The summed E-state index contributed by atoms with van der Waals surface area (Å²) in [6.45, 7) is 3.64. The summed E-state index contributed by atoms with van der Waals surface area (Å²) in [6.07, 6.45) is 0. The number of rotatable bonds is 6. The Hall–Kier alpha value is -1.88. The molecule has 0 saturated carbocycles. The smallest absolute Gasteiger partial charge is 0.165 e. The van der Waals surface area contributed by atoms with Crippen LogP contribution in [0, 0.1) is 12.7 Å². The molecule has 1 heterocycles. The summed E-state index contributed by atoms with van der Waals surface area (Å²) in [5.74, 6) is 0.747. The van der Waals surface area contributed by atoms with E-state index in [1.54, 1.807) is 18.2 Å². The Morgan fingerprint density at radius 3 is 2.84 bits per heavy atom. The van der Waals surface area contributed by atoms with Crippen LogP contribution >= 0.6 is 0 Å². The molecule has 0 fully saturated rings. The van der Waals surface area contributed by atoms with Crippen LogP contribution in [-0.2, 0) is 6.54 Å². The number of benzene rings is 1. The van der Waals surface area contributed by atoms with Gasteiger partial charge in [0.1, 0.15) is 12.4 Å². The molecule has 4 nitrogen and oxygen atoms in total. The largest absolute Gasteiger partial charge is 0.489 e. The molecule has 19 heavy (non-hydrogen) atoms. The number of aryl methyl sites for hydroxylation is 1. The third-order valence-corrected chi connectivity index (χ3v) is 2.68. The number of hydrogen-bond donors (Lipinski definition) is 0. The average molecular weight is 264 g/mol. The summed E-state index contributed by atoms with van der Waals surface area (Å²) >= 11 is 0. The second kappa shape index (κ2) is 6.33. The lowest BCUT2D eigenvalue weighted by molar-refractivity contribution is 0.223. The molecule has 0 amide bonds. The monoisotopic (exact) mass is 264 g/mol. The van der Waals surface area contributed by atoms with E-state index in [1.807, 2.05) is 24.9 Å². The number of aromatic nitrogens is 1. The van der Waals surface area contributed by atoms with Gasteiger partial charge in [-0.2, -0.15) is 0 Å². The van der Waals surface area contributed by atoms with Gasteiger partial charge in [-0.15, -0.1) is 0 Å². The predicted molar refractivity (Wildman–Crippen MR) is 69.5 cm³/mol. The second-order valence-electron chi connectivity index (χ2n) is 4.45. The van der Waals surface area contributed by atoms with Crippen molar-refractivity contribution in [3.8, 4) is 5.75 Å². The maximum Gasteiger partial charge on any atom is 0.165 e. The Morgan fingerprint density at radius 2 is 2.16 bits per heavy atom. The van der Waals surface area contributed by atoms with Gasteiger partial charge in [0.05, 0.1) is 5.69 Å². The van der Waals surface area contributed by atoms with Gasteiger partial charge in [0.2, 0.25) is 0 Å². The van der Waals surface area contributed by atoms with Crippen molar-refractivity contribution in [2.24, 2.45) is 0 Å². The summed E-state index contributed by atoms with van der Waals surface area (Å²) < 4.78 is 23.7. The minimum atomic E-state index is -0.336. The highest BCUT2D eigenvalue weighted by Crippen LogP contribution is 2.15. The fourth-order valence-corrected chi connectivity index (χ4v) is 1.72. The molecule has 5 heteroatoms. The number of hydrogen-bond acceptors (Lipinski definition) is 4. The first-order chi connectivity index (χ1) is 9.15. The van der Waals surface area contributed by atoms with Crippen LogP contribution in [0.25, 0.3) is 0 Å². The lowest BCUT2D eigenvalue weighted by Gasteiger charge is -2.15. The molecule has 1 aromatic carbocycles. The van der Waals surface area contributed by atoms with Crippen LogP contribution in [0.3, 0.4) is 0 Å². The fraction of sp³-hybridized carbons (Fsp3) is 0.357. The zero-order chi connectivity index (χ0) is 13.7. The van der Waals surface area contributed by atoms with Crippen molar-refractivity contribution in [2.75, 3.05) is 20.2 Å². The Kier molecular flexibility index (Phi) is 4.52. The average Bonchev–Trinajstić information content (AvgIpc) is 2.77. The van der Waals surface area contributed by atoms with Gasteiger partial charge in [0.15, 0.2) is 11.6 Å². The Morgan fingerprint density at radius 1 is 1.37 bits per heavy atom. The number of nitrogens with zero attached hydrogens (tertiary/aromatic N) is 2. The zero-order valence-corrected chi connectivity index (χ0v) is 11.1. The van der Waals surface area contributed by atoms with Crippen molar-refractivity contribution in [2.45, 2.75) is 13.5 Å². The maximum absolute atomic E-state index is 13.3. The van der Waals surface area contributed by atoms with Crippen LogP contribution in [0.2, 0.25) is 0 Å². The van der Waals surface area contributed by atoms with E-state index < -0.39 is 0 Å². The van der Waals surface area contributed by atoms with E-state index in [1.165, 1.54) is 6.07 Å². The molecule has 0 spiro atoms. The van der Waals surface area contributed by atoms with E-state index in [2.05, 4.69) is 5.16 Å². The molecule has 0 N–H and O–H groups in total. The van der Waals surface area contributed by atoms with Crippen LogP contribution in [0.4, 0.5) is 4.39 Å². The van der Waals surface area contributed by atoms with Gasteiger partial charge in [0, 0.05) is 19.2 Å². The highest BCUT2D eigenvalue weighted by molar-refractivity contribution is 5.23. The van der Waals surface area contributed by atoms with Crippen molar-refractivity contribution < 1.29 is 13.7 Å². The lowest BCUT2D eigenvalue weighted by atomic mass is 10.3. The minimum Gasteiger partial charge on any atom is -0.489 e. The van der Waals surface area contributed by atoms with Crippen molar-refractivity contribution in [3.05, 3.63) is 47.6 Å². The molecule has 2 aromatic rings. The Balaban J connectivity index is 1.75. The standard InChI is InChI=1S/C14H17FN2O2/c1-11-9-12(16-19-11)10-17(2)7-8-18-14-6-4-3-5-13(14)15/h3-6,9H,7-8,10H2,1-2H3. The Labute approximate surface area is 111 Å². The van der Waals surface area contributed by atoms with Gasteiger partial charge in [-0.05, 0) is 26.1 Å². The molecule has 0 aliphatic carbocycles. The topological polar surface area (TPSA) is 38.5 Å². The van der Waals surface area contributed by atoms with Crippen molar-refractivity contribution in [1.82, 2.24) is 10.1 Å². The van der Waals surface area contributed by atoms with Gasteiger partial charge in [-0.1, -0.05) is 17.3 Å². The highest BCUT2D eigenvalue weighted by atomic mass is 19.1. The summed E-state index contributed by atoms with van der Waals surface area (Å²) in [5, 5.41) is 3.92. The van der Waals surface area contributed by atoms with E-state index in [4.69, 9.17) is 9.26 Å². The molecule has 0 aliphatic heterocycles. The van der Waals surface area contributed by atoms with Crippen molar-refractivity contribution in [1.29, 1.82) is 0 Å². The van der Waals surface area contributed by atoms with E-state index in [9.17, 15) is 4.39 Å². The quantitative estimate of drug-likeness (QED) is 0.804. The van der Waals surface area contributed by atoms with Gasteiger partial charge in [-0.25, -0.2) is 4.39 Å². The van der Waals surface area contributed by atoms with Gasteiger partial charge >= 0.3 is 0 Å². The second-order valence-corrected chi connectivity index (χ2v) is 4.45. The molecule has 1 aromatic heterocycles. The normalized spacial score (nSPS) is 10.9. The molecule has 0 aliphatic rings. The lowest BCUT2D eigenvalue weighted by Crippen LogP contribution is -2.24. The minimum absolute atomic E-state index is 0.285. The Bertz CT molecular complexity index is 528. The first-order valence-corrected chi connectivity index (χ1v) is 6.13. The summed E-state index contributed by atoms with van der Waals surface area (Å²) in [5.41, 5.74) is 0.880. The molecule has 0 saturated heterocycles. The van der Waals surface area contributed by atoms with Gasteiger partial charge in [0.25, 0.3) is 0 Å². The molecule has 102 valence electrons. The van der Waals surface area contributed by atoms with Crippen LogP contribution in [0.15, 0.2) is 34.9 Å². The molecule has 0 radical (unpaired) electrons. The highest BCUT2D eigenvalue weighted by Gasteiger charge is 2.06. The summed E-state index contributed by atoms with van der Waals surface area (Å²) in [4.78, 5) is 2.04. The maximum atomic E-state index is 13.3. The molecule has 2 rings (SSSR count). The molecular weight excluding hydrogens is 247 g/mol. The number of ether oxygens (including phenoxy) is 1. The first-order valence-electron chi connectivity index (χ1n) is 6.13. The third-order valence-electron chi connectivity index (χ3n) is 2.68. The van der Waals surface area contributed by atoms with Gasteiger partial charge < -0.3 is 9.26 Å². The fourth-order valence-electron chi connectivity index (χ4n) is 1.72. The first kappa shape index (κ1) is 13.5. The number of halogens is 1. The number of para-hydroxylation sites is 1. The van der Waals surface area contributed by atoms with Crippen molar-refractivity contribution in [3.63, 3.8) is 0 Å². The SMILES string of the molecule is Cc1cc(CN(C)CCOc2ccccc2F)no1. The number of likely N-dealkylation sites (N-methyl/N-ethyl adjacent to an activating group) is 1. The van der Waals surface area contributed by atoms with E-state index >= 15 is 0 Å². The van der Waals surface area contributed by atoms with Crippen LogP contribution in [0.5, 0.6) is 5.75 Å². The van der Waals surface area contributed by atoms with E-state index in [-0.39, 0.29) is 11.6 Å². The summed E-state index contributed by atoms with van der Waals surface area (Å²) in [6, 6.07) is 8.29. The molecule has 0 unspecified atom stereocenters. The van der Waals surface area contributed by atoms with E-state index in [0.717, 1.165) is 11.5 Å².